The average Bonchev–Trinajstić information content (AvgIpc) is 2.80. The highest BCUT2D eigenvalue weighted by molar-refractivity contribution is 14.1. The Kier molecular flexibility index (Phi) is 3.93. The minimum absolute atomic E-state index is 0.200. The van der Waals surface area contributed by atoms with Crippen molar-refractivity contribution in [1.82, 2.24) is 9.55 Å². The Morgan fingerprint density at radius 3 is 2.60 bits per heavy atom. The third-order valence-electron chi connectivity index (χ3n) is 3.11. The van der Waals surface area contributed by atoms with Crippen molar-refractivity contribution in [3.8, 4) is 5.69 Å². The second-order valence-electron chi connectivity index (χ2n) is 4.48. The third-order valence-corrected chi connectivity index (χ3v) is 4.52. The van der Waals surface area contributed by atoms with Crippen LogP contribution < -0.4 is 0 Å². The van der Waals surface area contributed by atoms with E-state index in [0.717, 1.165) is 26.1 Å². The van der Waals surface area contributed by atoms with Crippen LogP contribution in [0, 0.1) is 3.57 Å². The van der Waals surface area contributed by atoms with Crippen LogP contribution >= 0.6 is 45.8 Å². The van der Waals surface area contributed by atoms with Crippen molar-refractivity contribution in [3.63, 3.8) is 0 Å². The SMILES string of the molecule is CC(Cl)c1nc2c(Cl)cccc2n1-c1ccccc1I. The van der Waals surface area contributed by atoms with Crippen LogP contribution in [-0.4, -0.2) is 9.55 Å². The number of para-hydroxylation sites is 2. The third kappa shape index (κ3) is 2.32. The Bertz CT molecular complexity index is 781. The second-order valence-corrected chi connectivity index (χ2v) is 6.70. The Balaban J connectivity index is 2.42. The summed E-state index contributed by atoms with van der Waals surface area (Å²) < 4.78 is 3.23. The molecule has 0 N–H and O–H groups in total. The van der Waals surface area contributed by atoms with Crippen LogP contribution in [0.25, 0.3) is 16.7 Å². The molecule has 2 nitrogen and oxygen atoms in total. The van der Waals surface area contributed by atoms with Gasteiger partial charge in [-0.05, 0) is 53.8 Å². The van der Waals surface area contributed by atoms with Gasteiger partial charge in [0.2, 0.25) is 0 Å². The Hall–Kier alpha value is -0.780. The molecule has 0 aliphatic carbocycles. The zero-order valence-corrected chi connectivity index (χ0v) is 14.3. The number of rotatable bonds is 2. The van der Waals surface area contributed by atoms with E-state index in [1.165, 1.54) is 0 Å². The predicted octanol–water partition coefficient (Wildman–Crippen LogP) is 5.58. The molecular weight excluding hydrogens is 406 g/mol. The molecule has 0 radical (unpaired) electrons. The predicted molar refractivity (Wildman–Crippen MR) is 93.1 cm³/mol. The number of benzene rings is 2. The van der Waals surface area contributed by atoms with Crippen LogP contribution in [0.3, 0.4) is 0 Å². The van der Waals surface area contributed by atoms with Crippen molar-refractivity contribution in [1.29, 1.82) is 0 Å². The first kappa shape index (κ1) is 14.2. The zero-order chi connectivity index (χ0) is 14.3. The lowest BCUT2D eigenvalue weighted by Crippen LogP contribution is -2.03. The fraction of sp³-hybridized carbons (Fsp3) is 0.133. The molecule has 1 aromatic heterocycles. The van der Waals surface area contributed by atoms with Crippen LogP contribution in [0.1, 0.15) is 18.1 Å². The molecule has 0 aliphatic heterocycles. The van der Waals surface area contributed by atoms with Gasteiger partial charge in [-0.2, -0.15) is 0 Å². The lowest BCUT2D eigenvalue weighted by atomic mass is 10.2. The molecule has 5 heteroatoms. The van der Waals surface area contributed by atoms with E-state index >= 15 is 0 Å². The summed E-state index contributed by atoms with van der Waals surface area (Å²) in [5.41, 5.74) is 2.83. The van der Waals surface area contributed by atoms with Gasteiger partial charge in [0.05, 0.1) is 21.6 Å². The van der Waals surface area contributed by atoms with E-state index in [0.29, 0.717) is 5.02 Å². The molecule has 0 bridgehead atoms. The maximum absolute atomic E-state index is 6.31. The highest BCUT2D eigenvalue weighted by Gasteiger charge is 2.18. The smallest absolute Gasteiger partial charge is 0.132 e. The summed E-state index contributed by atoms with van der Waals surface area (Å²) in [7, 11) is 0. The first-order valence-electron chi connectivity index (χ1n) is 6.15. The van der Waals surface area contributed by atoms with Crippen LogP contribution in [-0.2, 0) is 0 Å². The molecule has 0 saturated carbocycles. The molecule has 102 valence electrons. The zero-order valence-electron chi connectivity index (χ0n) is 10.6. The number of alkyl halides is 1. The molecule has 1 unspecified atom stereocenters. The van der Waals surface area contributed by atoms with Crippen molar-refractivity contribution in [2.24, 2.45) is 0 Å². The summed E-state index contributed by atoms with van der Waals surface area (Å²) >= 11 is 14.9. The maximum Gasteiger partial charge on any atom is 0.132 e. The van der Waals surface area contributed by atoms with Gasteiger partial charge in [-0.25, -0.2) is 4.98 Å². The fourth-order valence-electron chi connectivity index (χ4n) is 2.24. The topological polar surface area (TPSA) is 17.8 Å². The number of imidazole rings is 1. The van der Waals surface area contributed by atoms with E-state index < -0.39 is 0 Å². The highest BCUT2D eigenvalue weighted by atomic mass is 127. The van der Waals surface area contributed by atoms with Gasteiger partial charge in [-0.15, -0.1) is 11.6 Å². The van der Waals surface area contributed by atoms with Crippen molar-refractivity contribution in [2.75, 3.05) is 0 Å². The van der Waals surface area contributed by atoms with Gasteiger partial charge in [0.25, 0.3) is 0 Å². The van der Waals surface area contributed by atoms with E-state index in [9.17, 15) is 0 Å². The number of halogens is 3. The fourth-order valence-corrected chi connectivity index (χ4v) is 3.22. The number of fused-ring (bicyclic) bond motifs is 1. The lowest BCUT2D eigenvalue weighted by molar-refractivity contribution is 0.880. The lowest BCUT2D eigenvalue weighted by Gasteiger charge is -2.12. The molecule has 0 saturated heterocycles. The van der Waals surface area contributed by atoms with E-state index in [2.05, 4.69) is 44.3 Å². The maximum atomic E-state index is 6.31. The summed E-state index contributed by atoms with van der Waals surface area (Å²) in [6.07, 6.45) is 0. The monoisotopic (exact) mass is 416 g/mol. The van der Waals surface area contributed by atoms with Crippen molar-refractivity contribution >= 4 is 56.8 Å². The van der Waals surface area contributed by atoms with Gasteiger partial charge < -0.3 is 0 Å². The summed E-state index contributed by atoms with van der Waals surface area (Å²) in [4.78, 5) is 4.62. The van der Waals surface area contributed by atoms with E-state index in [1.807, 2.05) is 37.3 Å². The van der Waals surface area contributed by atoms with Crippen LogP contribution in [0.5, 0.6) is 0 Å². The van der Waals surface area contributed by atoms with Crippen molar-refractivity contribution in [3.05, 3.63) is 56.9 Å². The molecular formula is C15H11Cl2IN2. The average molecular weight is 417 g/mol. The standard InChI is InChI=1S/C15H11Cl2IN2/c1-9(16)15-19-14-10(17)5-4-8-13(14)20(15)12-7-3-2-6-11(12)18/h2-9H,1H3. The molecule has 20 heavy (non-hydrogen) atoms. The second kappa shape index (κ2) is 5.54. The quantitative estimate of drug-likeness (QED) is 0.393. The molecule has 1 atom stereocenters. The molecule has 0 aliphatic rings. The van der Waals surface area contributed by atoms with E-state index in [-0.39, 0.29) is 5.38 Å². The van der Waals surface area contributed by atoms with Crippen LogP contribution in [0.4, 0.5) is 0 Å². The van der Waals surface area contributed by atoms with Gasteiger partial charge in [0.1, 0.15) is 11.3 Å². The van der Waals surface area contributed by atoms with Gasteiger partial charge in [0.15, 0.2) is 0 Å². The summed E-state index contributed by atoms with van der Waals surface area (Å²) in [6, 6.07) is 13.9. The van der Waals surface area contributed by atoms with E-state index in [1.54, 1.807) is 0 Å². The van der Waals surface area contributed by atoms with Crippen molar-refractivity contribution in [2.45, 2.75) is 12.3 Å². The molecule has 0 fully saturated rings. The Morgan fingerprint density at radius 1 is 1.15 bits per heavy atom. The van der Waals surface area contributed by atoms with Gasteiger partial charge in [-0.1, -0.05) is 29.8 Å². The van der Waals surface area contributed by atoms with Crippen LogP contribution in [0.2, 0.25) is 5.02 Å². The first-order chi connectivity index (χ1) is 9.59. The number of aromatic nitrogens is 2. The molecule has 2 aromatic carbocycles. The summed E-state index contributed by atoms with van der Waals surface area (Å²) in [5.74, 6) is 0.805. The molecule has 3 rings (SSSR count). The molecule has 3 aromatic rings. The minimum Gasteiger partial charge on any atom is -0.294 e. The first-order valence-corrected chi connectivity index (χ1v) is 8.04. The summed E-state index contributed by atoms with van der Waals surface area (Å²) in [6.45, 7) is 1.92. The number of hydrogen-bond donors (Lipinski definition) is 0. The van der Waals surface area contributed by atoms with Gasteiger partial charge in [-0.3, -0.25) is 4.57 Å². The van der Waals surface area contributed by atoms with Crippen molar-refractivity contribution < 1.29 is 0 Å². The normalized spacial score (nSPS) is 12.8. The van der Waals surface area contributed by atoms with E-state index in [4.69, 9.17) is 23.2 Å². The Morgan fingerprint density at radius 2 is 1.90 bits per heavy atom. The molecule has 0 amide bonds. The summed E-state index contributed by atoms with van der Waals surface area (Å²) in [5, 5.41) is 0.445. The molecule has 1 heterocycles. The Labute approximate surface area is 140 Å². The highest BCUT2D eigenvalue weighted by Crippen LogP contribution is 2.32. The molecule has 0 spiro atoms. The number of hydrogen-bond acceptors (Lipinski definition) is 1. The number of nitrogens with zero attached hydrogens (tertiary/aromatic N) is 2. The minimum atomic E-state index is -0.200. The van der Waals surface area contributed by atoms with Gasteiger partial charge >= 0.3 is 0 Å². The van der Waals surface area contributed by atoms with Crippen LogP contribution in [0.15, 0.2) is 42.5 Å². The largest absolute Gasteiger partial charge is 0.294 e. The van der Waals surface area contributed by atoms with Gasteiger partial charge in [0, 0.05) is 3.57 Å².